The number of hydrogen-bond donors (Lipinski definition) is 2. The van der Waals surface area contributed by atoms with Crippen LogP contribution in [0.4, 0.5) is 0 Å². The number of ether oxygens (including phenoxy) is 1. The molecule has 6 heteroatoms. The van der Waals surface area contributed by atoms with Crippen molar-refractivity contribution in [3.8, 4) is 11.5 Å². The van der Waals surface area contributed by atoms with Crippen LogP contribution in [0.2, 0.25) is 0 Å². The van der Waals surface area contributed by atoms with E-state index in [0.29, 0.717) is 11.3 Å². The summed E-state index contributed by atoms with van der Waals surface area (Å²) in [5.74, 6) is -0.672. The zero-order chi connectivity index (χ0) is 10.6. The van der Waals surface area contributed by atoms with Gasteiger partial charge in [0.25, 0.3) is 0 Å². The molecule has 4 nitrogen and oxygen atoms in total. The second-order valence-corrected chi connectivity index (χ2v) is 2.60. The minimum atomic E-state index is -1.02. The summed E-state index contributed by atoms with van der Waals surface area (Å²) >= 11 is 0. The number of aliphatic carboxylic acids is 1. The van der Waals surface area contributed by atoms with Crippen molar-refractivity contribution < 1.29 is 67.5 Å². The van der Waals surface area contributed by atoms with Crippen LogP contribution in [0.3, 0.4) is 0 Å². The van der Waals surface area contributed by atoms with E-state index in [4.69, 9.17) is 9.84 Å². The van der Waals surface area contributed by atoms with Gasteiger partial charge in [-0.2, -0.15) is 0 Å². The first-order valence-corrected chi connectivity index (χ1v) is 3.91. The molecule has 0 saturated carbocycles. The molecule has 0 aliphatic heterocycles. The fraction of sp³-hybridized carbons (Fsp3) is 0.100. The van der Waals surface area contributed by atoms with Gasteiger partial charge in [0.1, 0.15) is 0 Å². The number of hydrogen-bond acceptors (Lipinski definition) is 3. The summed E-state index contributed by atoms with van der Waals surface area (Å²) in [5, 5.41) is 17.6. The number of carboxylic acids is 1. The fourth-order valence-electron chi connectivity index (χ4n) is 0.965. The van der Waals surface area contributed by atoms with E-state index in [-0.39, 0.29) is 53.5 Å². The standard InChI is InChI=1S/C10H10O4.Co.Na.H/c1-14-9-6-7(2-4-8(9)11)3-5-10(12)13;;;/h2-6,11H,1H3,(H,12,13);;;/q;;+1;-1. The minimum absolute atomic E-state index is 0. The van der Waals surface area contributed by atoms with E-state index in [1.54, 1.807) is 12.1 Å². The van der Waals surface area contributed by atoms with E-state index < -0.39 is 5.97 Å². The maximum Gasteiger partial charge on any atom is 1.00 e. The molecular formula is C10H11CoNaO4. The van der Waals surface area contributed by atoms with E-state index in [9.17, 15) is 9.90 Å². The molecule has 0 saturated heterocycles. The van der Waals surface area contributed by atoms with Crippen molar-refractivity contribution in [2.75, 3.05) is 7.11 Å². The third-order valence-corrected chi connectivity index (χ3v) is 1.62. The summed E-state index contributed by atoms with van der Waals surface area (Å²) < 4.78 is 4.86. The fourth-order valence-corrected chi connectivity index (χ4v) is 0.965. The largest absolute Gasteiger partial charge is 1.00 e. The third kappa shape index (κ3) is 5.57. The number of carboxylic acid groups (broad SMARTS) is 1. The van der Waals surface area contributed by atoms with Gasteiger partial charge < -0.3 is 16.4 Å². The number of phenols is 1. The van der Waals surface area contributed by atoms with Gasteiger partial charge in [-0.15, -0.1) is 0 Å². The topological polar surface area (TPSA) is 66.8 Å². The van der Waals surface area contributed by atoms with Crippen molar-refractivity contribution in [3.05, 3.63) is 29.8 Å². The van der Waals surface area contributed by atoms with Gasteiger partial charge in [-0.1, -0.05) is 6.07 Å². The Balaban J connectivity index is -0.000000653. The van der Waals surface area contributed by atoms with Crippen molar-refractivity contribution in [3.63, 3.8) is 0 Å². The van der Waals surface area contributed by atoms with Crippen LogP contribution < -0.4 is 34.3 Å². The summed E-state index contributed by atoms with van der Waals surface area (Å²) in [6.07, 6.45) is 2.44. The SMILES string of the molecule is COc1cc(C=CC(=O)O)ccc1O.[Co].[H-].[Na+]. The summed E-state index contributed by atoms with van der Waals surface area (Å²) in [6, 6.07) is 4.59. The Labute approximate surface area is 127 Å². The van der Waals surface area contributed by atoms with Crippen LogP contribution in [0.25, 0.3) is 6.08 Å². The van der Waals surface area contributed by atoms with Gasteiger partial charge >= 0.3 is 35.5 Å². The van der Waals surface area contributed by atoms with Crippen LogP contribution in [0.1, 0.15) is 6.99 Å². The quantitative estimate of drug-likeness (QED) is 0.527. The van der Waals surface area contributed by atoms with E-state index in [0.717, 1.165) is 6.08 Å². The summed E-state index contributed by atoms with van der Waals surface area (Å²) in [4.78, 5) is 10.2. The number of aromatic hydroxyl groups is 1. The number of carbonyl (C=O) groups is 1. The molecule has 1 aromatic carbocycles. The predicted molar refractivity (Wildman–Crippen MR) is 52.4 cm³/mol. The van der Waals surface area contributed by atoms with Gasteiger partial charge in [0, 0.05) is 22.9 Å². The third-order valence-electron chi connectivity index (χ3n) is 1.62. The molecule has 0 aliphatic carbocycles. The summed E-state index contributed by atoms with van der Waals surface area (Å²) in [5.41, 5.74) is 0.655. The van der Waals surface area contributed by atoms with Gasteiger partial charge in [0.15, 0.2) is 11.5 Å². The van der Waals surface area contributed by atoms with Crippen LogP contribution in [0.15, 0.2) is 24.3 Å². The molecule has 0 bridgehead atoms. The van der Waals surface area contributed by atoms with E-state index in [2.05, 4.69) is 0 Å². The Morgan fingerprint density at radius 2 is 2.12 bits per heavy atom. The van der Waals surface area contributed by atoms with Crippen LogP contribution in [-0.2, 0) is 21.6 Å². The summed E-state index contributed by atoms with van der Waals surface area (Å²) in [6.45, 7) is 0. The summed E-state index contributed by atoms with van der Waals surface area (Å²) in [7, 11) is 1.43. The van der Waals surface area contributed by atoms with E-state index in [1.807, 2.05) is 0 Å². The van der Waals surface area contributed by atoms with Gasteiger partial charge in [0.2, 0.25) is 0 Å². The maximum atomic E-state index is 10.2. The number of methoxy groups -OCH3 is 1. The Morgan fingerprint density at radius 1 is 1.50 bits per heavy atom. The van der Waals surface area contributed by atoms with Crippen LogP contribution >= 0.6 is 0 Å². The zero-order valence-corrected chi connectivity index (χ0v) is 12.0. The van der Waals surface area contributed by atoms with E-state index in [1.165, 1.54) is 19.3 Å². The molecule has 0 amide bonds. The van der Waals surface area contributed by atoms with Crippen molar-refractivity contribution >= 4 is 12.0 Å². The first-order valence-electron chi connectivity index (χ1n) is 3.91. The second kappa shape index (κ2) is 8.66. The molecule has 85 valence electrons. The number of rotatable bonds is 3. The van der Waals surface area contributed by atoms with Crippen LogP contribution in [0.5, 0.6) is 11.5 Å². The molecule has 0 fully saturated rings. The molecule has 1 radical (unpaired) electrons. The first kappa shape index (κ1) is 17.9. The molecule has 16 heavy (non-hydrogen) atoms. The van der Waals surface area contributed by atoms with Gasteiger partial charge in [-0.05, 0) is 23.8 Å². The first-order chi connectivity index (χ1) is 6.63. The molecular weight excluding hydrogens is 266 g/mol. The molecule has 2 N–H and O–H groups in total. The molecule has 1 aromatic rings. The van der Waals surface area contributed by atoms with Crippen LogP contribution in [-0.4, -0.2) is 23.3 Å². The average molecular weight is 277 g/mol. The molecule has 0 heterocycles. The Kier molecular flexibility index (Phi) is 9.70. The second-order valence-electron chi connectivity index (χ2n) is 2.60. The number of phenolic OH excluding ortho intramolecular Hbond substituents is 1. The van der Waals surface area contributed by atoms with E-state index >= 15 is 0 Å². The number of benzene rings is 1. The van der Waals surface area contributed by atoms with Crippen LogP contribution in [0, 0.1) is 0 Å². The maximum absolute atomic E-state index is 10.2. The van der Waals surface area contributed by atoms with Crippen molar-refractivity contribution in [2.24, 2.45) is 0 Å². The average Bonchev–Trinajstić information content (AvgIpc) is 2.16. The molecule has 0 aliphatic rings. The Bertz CT molecular complexity index is 385. The van der Waals surface area contributed by atoms with Crippen molar-refractivity contribution in [1.29, 1.82) is 0 Å². The molecule has 1 rings (SSSR count). The van der Waals surface area contributed by atoms with Crippen molar-refractivity contribution in [1.82, 2.24) is 0 Å². The molecule has 0 atom stereocenters. The zero-order valence-electron chi connectivity index (χ0n) is 9.93. The Hall–Kier alpha value is -0.464. The molecule has 0 spiro atoms. The van der Waals surface area contributed by atoms with Crippen molar-refractivity contribution in [2.45, 2.75) is 0 Å². The molecule has 0 unspecified atom stereocenters. The minimum Gasteiger partial charge on any atom is -1.00 e. The monoisotopic (exact) mass is 277 g/mol. The van der Waals surface area contributed by atoms with Gasteiger partial charge in [-0.3, -0.25) is 0 Å². The smallest absolute Gasteiger partial charge is 1.00 e. The van der Waals surface area contributed by atoms with Gasteiger partial charge in [0.05, 0.1) is 7.11 Å². The Morgan fingerprint density at radius 3 is 2.62 bits per heavy atom. The normalized spacial score (nSPS) is 9.06. The molecule has 0 aromatic heterocycles. The van der Waals surface area contributed by atoms with Gasteiger partial charge in [-0.25, -0.2) is 4.79 Å². The predicted octanol–water partition coefficient (Wildman–Crippen LogP) is -1.39.